The highest BCUT2D eigenvalue weighted by Gasteiger charge is 2.31. The van der Waals surface area contributed by atoms with Gasteiger partial charge in [0.1, 0.15) is 5.82 Å². The first kappa shape index (κ1) is 22.3. The molecule has 2 aromatic rings. The fourth-order valence-corrected chi connectivity index (χ4v) is 4.11. The number of hydrogen-bond acceptors (Lipinski definition) is 5. The standard InChI is InChI=1S/C23H32ClN5O/c1-15-14-25-22(27-20(15)29(4)5)26-19-12-6-16(7-13-19)21(30)28-23(2,3)17-8-10-18(24)11-9-17/h8-11,14,16,19H,6-7,12-13H2,1-5H3,(H,28,30)(H,25,26,27). The molecule has 0 spiro atoms. The molecule has 1 heterocycles. The number of benzene rings is 1. The van der Waals surface area contributed by atoms with Gasteiger partial charge in [-0.05, 0) is 64.2 Å². The Morgan fingerprint density at radius 1 is 1.13 bits per heavy atom. The Morgan fingerprint density at radius 2 is 1.77 bits per heavy atom. The van der Waals surface area contributed by atoms with Crippen LogP contribution >= 0.6 is 11.6 Å². The van der Waals surface area contributed by atoms with Crippen molar-refractivity contribution in [1.29, 1.82) is 0 Å². The Kier molecular flexibility index (Phi) is 6.86. The van der Waals surface area contributed by atoms with Crippen LogP contribution < -0.4 is 15.5 Å². The van der Waals surface area contributed by atoms with E-state index < -0.39 is 5.54 Å². The minimum Gasteiger partial charge on any atom is -0.362 e. The first-order valence-electron chi connectivity index (χ1n) is 10.5. The molecule has 1 aromatic carbocycles. The summed E-state index contributed by atoms with van der Waals surface area (Å²) < 4.78 is 0. The lowest BCUT2D eigenvalue weighted by molar-refractivity contribution is -0.127. The predicted octanol–water partition coefficient (Wildman–Crippen LogP) is 4.53. The van der Waals surface area contributed by atoms with Gasteiger partial charge in [0, 0.05) is 42.8 Å². The van der Waals surface area contributed by atoms with E-state index in [2.05, 4.69) is 20.6 Å². The van der Waals surface area contributed by atoms with Gasteiger partial charge in [0.15, 0.2) is 0 Å². The van der Waals surface area contributed by atoms with Crippen LogP contribution in [-0.2, 0) is 10.3 Å². The van der Waals surface area contributed by atoms with E-state index in [-0.39, 0.29) is 17.9 Å². The molecule has 0 atom stereocenters. The second-order valence-electron chi connectivity index (χ2n) is 8.91. The van der Waals surface area contributed by atoms with Gasteiger partial charge in [-0.25, -0.2) is 4.98 Å². The van der Waals surface area contributed by atoms with Crippen molar-refractivity contribution in [2.45, 2.75) is 58.0 Å². The highest BCUT2D eigenvalue weighted by molar-refractivity contribution is 6.30. The highest BCUT2D eigenvalue weighted by atomic mass is 35.5. The summed E-state index contributed by atoms with van der Waals surface area (Å²) in [5.74, 6) is 1.73. The maximum atomic E-state index is 12.9. The molecule has 0 bridgehead atoms. The first-order valence-corrected chi connectivity index (χ1v) is 10.9. The summed E-state index contributed by atoms with van der Waals surface area (Å²) >= 11 is 5.99. The topological polar surface area (TPSA) is 70.1 Å². The maximum absolute atomic E-state index is 12.9. The van der Waals surface area contributed by atoms with Crippen molar-refractivity contribution in [3.63, 3.8) is 0 Å². The summed E-state index contributed by atoms with van der Waals surface area (Å²) in [6, 6.07) is 7.93. The number of carbonyl (C=O) groups excluding carboxylic acids is 1. The van der Waals surface area contributed by atoms with Crippen molar-refractivity contribution in [2.24, 2.45) is 5.92 Å². The molecule has 0 aliphatic heterocycles. The third kappa shape index (κ3) is 5.42. The zero-order chi connectivity index (χ0) is 21.9. The molecule has 1 aromatic heterocycles. The van der Waals surface area contributed by atoms with Crippen LogP contribution in [0.3, 0.4) is 0 Å². The summed E-state index contributed by atoms with van der Waals surface area (Å²) in [5.41, 5.74) is 1.66. The fourth-order valence-electron chi connectivity index (χ4n) is 3.99. The predicted molar refractivity (Wildman–Crippen MR) is 123 cm³/mol. The average molecular weight is 430 g/mol. The zero-order valence-corrected chi connectivity index (χ0v) is 19.3. The van der Waals surface area contributed by atoms with Crippen molar-refractivity contribution >= 4 is 29.3 Å². The van der Waals surface area contributed by atoms with Gasteiger partial charge in [0.05, 0.1) is 5.54 Å². The number of nitrogens with one attached hydrogen (secondary N) is 2. The third-order valence-electron chi connectivity index (χ3n) is 5.80. The molecule has 0 unspecified atom stereocenters. The second-order valence-corrected chi connectivity index (χ2v) is 9.35. The number of nitrogens with zero attached hydrogens (tertiary/aromatic N) is 3. The lowest BCUT2D eigenvalue weighted by Gasteiger charge is -2.33. The Balaban J connectivity index is 1.54. The summed E-state index contributed by atoms with van der Waals surface area (Å²) in [4.78, 5) is 23.9. The van der Waals surface area contributed by atoms with E-state index in [9.17, 15) is 4.79 Å². The van der Waals surface area contributed by atoms with Crippen LogP contribution in [0.5, 0.6) is 0 Å². The molecule has 0 radical (unpaired) electrons. The Hall–Kier alpha value is -2.34. The summed E-state index contributed by atoms with van der Waals surface area (Å²) in [6.45, 7) is 6.06. The SMILES string of the molecule is Cc1cnc(NC2CCC(C(=O)NC(C)(C)c3ccc(Cl)cc3)CC2)nc1N(C)C. The van der Waals surface area contributed by atoms with Gasteiger partial charge in [-0.2, -0.15) is 4.98 Å². The Bertz CT molecular complexity index is 874. The minimum absolute atomic E-state index is 0.0332. The fraction of sp³-hybridized carbons (Fsp3) is 0.522. The van der Waals surface area contributed by atoms with Gasteiger partial charge in [-0.3, -0.25) is 4.79 Å². The van der Waals surface area contributed by atoms with Crippen molar-refractivity contribution in [1.82, 2.24) is 15.3 Å². The molecule has 1 aliphatic carbocycles. The molecule has 1 saturated carbocycles. The number of hydrogen-bond donors (Lipinski definition) is 2. The van der Waals surface area contributed by atoms with Crippen LogP contribution in [0, 0.1) is 12.8 Å². The first-order chi connectivity index (χ1) is 14.2. The average Bonchev–Trinajstić information content (AvgIpc) is 2.69. The smallest absolute Gasteiger partial charge is 0.224 e. The Labute approximate surface area is 184 Å². The van der Waals surface area contributed by atoms with Crippen molar-refractivity contribution in [2.75, 3.05) is 24.3 Å². The minimum atomic E-state index is -0.435. The summed E-state index contributed by atoms with van der Waals surface area (Å²) in [6.07, 6.45) is 5.41. The van der Waals surface area contributed by atoms with Crippen molar-refractivity contribution < 1.29 is 4.79 Å². The number of anilines is 2. The quantitative estimate of drug-likeness (QED) is 0.706. The Morgan fingerprint density at radius 3 is 2.37 bits per heavy atom. The second kappa shape index (κ2) is 9.21. The monoisotopic (exact) mass is 429 g/mol. The summed E-state index contributed by atoms with van der Waals surface area (Å²) in [5, 5.41) is 7.37. The zero-order valence-electron chi connectivity index (χ0n) is 18.5. The molecule has 162 valence electrons. The highest BCUT2D eigenvalue weighted by Crippen LogP contribution is 2.29. The largest absolute Gasteiger partial charge is 0.362 e. The molecule has 7 heteroatoms. The molecule has 6 nitrogen and oxygen atoms in total. The van der Waals surface area contributed by atoms with Gasteiger partial charge in [0.2, 0.25) is 11.9 Å². The molecule has 3 rings (SSSR count). The number of carbonyl (C=O) groups is 1. The van der Waals surface area contributed by atoms with E-state index in [1.807, 2.05) is 70.2 Å². The van der Waals surface area contributed by atoms with E-state index in [0.29, 0.717) is 11.0 Å². The lowest BCUT2D eigenvalue weighted by Crippen LogP contribution is -2.45. The van der Waals surface area contributed by atoms with Gasteiger partial charge < -0.3 is 15.5 Å². The van der Waals surface area contributed by atoms with E-state index in [4.69, 9.17) is 11.6 Å². The molecular formula is C23H32ClN5O. The molecule has 0 saturated heterocycles. The number of rotatable bonds is 6. The molecule has 1 fully saturated rings. The molecule has 1 aliphatic rings. The lowest BCUT2D eigenvalue weighted by atomic mass is 9.84. The van der Waals surface area contributed by atoms with E-state index in [0.717, 1.165) is 42.6 Å². The maximum Gasteiger partial charge on any atom is 0.224 e. The third-order valence-corrected chi connectivity index (χ3v) is 6.05. The van der Waals surface area contributed by atoms with Gasteiger partial charge in [0.25, 0.3) is 0 Å². The molecule has 1 amide bonds. The van der Waals surface area contributed by atoms with Crippen molar-refractivity contribution in [3.8, 4) is 0 Å². The van der Waals surface area contributed by atoms with Gasteiger partial charge in [-0.15, -0.1) is 0 Å². The summed E-state index contributed by atoms with van der Waals surface area (Å²) in [7, 11) is 3.96. The van der Waals surface area contributed by atoms with Gasteiger partial charge in [-0.1, -0.05) is 23.7 Å². The van der Waals surface area contributed by atoms with Gasteiger partial charge >= 0.3 is 0 Å². The van der Waals surface area contributed by atoms with Crippen LogP contribution in [-0.4, -0.2) is 36.0 Å². The van der Waals surface area contributed by atoms with Crippen LogP contribution in [0.15, 0.2) is 30.5 Å². The van der Waals surface area contributed by atoms with Crippen molar-refractivity contribution in [3.05, 3.63) is 46.6 Å². The number of halogens is 1. The van der Waals surface area contributed by atoms with Crippen LogP contribution in [0.4, 0.5) is 11.8 Å². The molecule has 2 N–H and O–H groups in total. The van der Waals surface area contributed by atoms with E-state index in [1.165, 1.54) is 0 Å². The number of aromatic nitrogens is 2. The molecular weight excluding hydrogens is 398 g/mol. The number of aryl methyl sites for hydroxylation is 1. The number of amides is 1. The molecule has 30 heavy (non-hydrogen) atoms. The normalized spacial score (nSPS) is 19.3. The van der Waals surface area contributed by atoms with Crippen LogP contribution in [0.1, 0.15) is 50.7 Å². The van der Waals surface area contributed by atoms with E-state index >= 15 is 0 Å². The van der Waals surface area contributed by atoms with Crippen LogP contribution in [0.2, 0.25) is 5.02 Å². The van der Waals surface area contributed by atoms with E-state index in [1.54, 1.807) is 0 Å². The van der Waals surface area contributed by atoms with Crippen LogP contribution in [0.25, 0.3) is 0 Å².